The van der Waals surface area contributed by atoms with Gasteiger partial charge in [0.1, 0.15) is 5.75 Å². The maximum absolute atomic E-state index is 12.7. The SMILES string of the molecule is C=C(CN(CCC#CC)C(=O)Oc1ccccc1)c1cc2ccccc2n1C. The normalized spacial score (nSPS) is 10.2. The summed E-state index contributed by atoms with van der Waals surface area (Å²) in [5, 5.41) is 1.15. The molecule has 0 saturated heterocycles. The van der Waals surface area contributed by atoms with Crippen molar-refractivity contribution in [2.24, 2.45) is 7.05 Å². The number of nitrogens with zero attached hydrogens (tertiary/aromatic N) is 2. The second kappa shape index (κ2) is 8.96. The predicted molar refractivity (Wildman–Crippen MR) is 114 cm³/mol. The van der Waals surface area contributed by atoms with Crippen molar-refractivity contribution in [2.75, 3.05) is 13.1 Å². The van der Waals surface area contributed by atoms with Crippen molar-refractivity contribution in [3.05, 3.63) is 72.9 Å². The van der Waals surface area contributed by atoms with Crippen molar-refractivity contribution in [3.8, 4) is 17.6 Å². The summed E-state index contributed by atoms with van der Waals surface area (Å²) >= 11 is 0. The summed E-state index contributed by atoms with van der Waals surface area (Å²) in [7, 11) is 2.01. The van der Waals surface area contributed by atoms with Gasteiger partial charge in [0.25, 0.3) is 0 Å². The zero-order chi connectivity index (χ0) is 19.9. The third-order valence-corrected chi connectivity index (χ3v) is 4.59. The van der Waals surface area contributed by atoms with Crippen molar-refractivity contribution in [1.29, 1.82) is 0 Å². The van der Waals surface area contributed by atoms with Gasteiger partial charge in [0.05, 0.1) is 6.54 Å². The Labute approximate surface area is 166 Å². The van der Waals surface area contributed by atoms with E-state index in [2.05, 4.69) is 41.2 Å². The molecule has 4 nitrogen and oxygen atoms in total. The van der Waals surface area contributed by atoms with Gasteiger partial charge in [-0.25, -0.2) is 4.79 Å². The van der Waals surface area contributed by atoms with Gasteiger partial charge in [-0.1, -0.05) is 43.0 Å². The molecule has 1 amide bonds. The van der Waals surface area contributed by atoms with Crippen LogP contribution in [0.2, 0.25) is 0 Å². The highest BCUT2D eigenvalue weighted by Gasteiger charge is 2.18. The van der Waals surface area contributed by atoms with Gasteiger partial charge in [-0.3, -0.25) is 0 Å². The first kappa shape index (κ1) is 19.3. The fourth-order valence-corrected chi connectivity index (χ4v) is 3.14. The number of para-hydroxylation sites is 2. The third-order valence-electron chi connectivity index (χ3n) is 4.59. The van der Waals surface area contributed by atoms with E-state index in [9.17, 15) is 4.79 Å². The molecule has 0 fully saturated rings. The summed E-state index contributed by atoms with van der Waals surface area (Å²) in [4.78, 5) is 14.4. The number of rotatable bonds is 6. The molecule has 0 N–H and O–H groups in total. The van der Waals surface area contributed by atoms with Crippen molar-refractivity contribution >= 4 is 22.6 Å². The van der Waals surface area contributed by atoms with E-state index in [4.69, 9.17) is 4.74 Å². The number of hydrogen-bond acceptors (Lipinski definition) is 2. The molecule has 0 aliphatic heterocycles. The highest BCUT2D eigenvalue weighted by Crippen LogP contribution is 2.24. The highest BCUT2D eigenvalue weighted by atomic mass is 16.6. The van der Waals surface area contributed by atoms with Crippen molar-refractivity contribution in [1.82, 2.24) is 9.47 Å². The maximum atomic E-state index is 12.7. The Bertz CT molecular complexity index is 1040. The minimum absolute atomic E-state index is 0.376. The fourth-order valence-electron chi connectivity index (χ4n) is 3.14. The summed E-state index contributed by atoms with van der Waals surface area (Å²) < 4.78 is 7.63. The summed E-state index contributed by atoms with van der Waals surface area (Å²) in [6.45, 7) is 6.88. The van der Waals surface area contributed by atoms with Gasteiger partial charge in [-0.15, -0.1) is 11.8 Å². The summed E-state index contributed by atoms with van der Waals surface area (Å²) in [5.74, 6) is 6.40. The molecule has 0 aliphatic carbocycles. The Hall–Kier alpha value is -3.45. The van der Waals surface area contributed by atoms with Crippen LogP contribution in [0.3, 0.4) is 0 Å². The van der Waals surface area contributed by atoms with Gasteiger partial charge < -0.3 is 14.2 Å². The van der Waals surface area contributed by atoms with Gasteiger partial charge in [0, 0.05) is 36.6 Å². The monoisotopic (exact) mass is 372 g/mol. The molecule has 28 heavy (non-hydrogen) atoms. The molecule has 142 valence electrons. The van der Waals surface area contributed by atoms with Crippen LogP contribution in [0.4, 0.5) is 4.79 Å². The quantitative estimate of drug-likeness (QED) is 0.564. The molecule has 0 radical (unpaired) electrons. The minimum atomic E-state index is -0.399. The van der Waals surface area contributed by atoms with E-state index < -0.39 is 6.09 Å². The smallest absolute Gasteiger partial charge is 0.410 e. The van der Waals surface area contributed by atoms with E-state index in [0.717, 1.165) is 22.2 Å². The Morgan fingerprint density at radius 1 is 1.14 bits per heavy atom. The molecular formula is C24H24N2O2. The number of aromatic nitrogens is 1. The highest BCUT2D eigenvalue weighted by molar-refractivity contribution is 5.86. The van der Waals surface area contributed by atoms with Gasteiger partial charge >= 0.3 is 6.09 Å². The second-order valence-corrected chi connectivity index (χ2v) is 6.53. The Balaban J connectivity index is 1.79. The number of carbonyl (C=O) groups excluding carboxylic acids is 1. The van der Waals surface area contributed by atoms with E-state index in [1.807, 2.05) is 37.4 Å². The molecule has 0 spiro atoms. The van der Waals surface area contributed by atoms with Crippen LogP contribution >= 0.6 is 0 Å². The van der Waals surface area contributed by atoms with Crippen molar-refractivity contribution < 1.29 is 9.53 Å². The number of benzene rings is 2. The predicted octanol–water partition coefficient (Wildman–Crippen LogP) is 5.11. The van der Waals surface area contributed by atoms with Crippen LogP contribution < -0.4 is 4.74 Å². The summed E-state index contributed by atoms with van der Waals surface area (Å²) in [6.07, 6.45) is 0.187. The standard InChI is InChI=1S/C24H24N2O2/c1-4-5-11-16-26(24(27)28-21-13-7-6-8-14-21)18-19(2)23-17-20-12-9-10-15-22(20)25(23)3/h6-10,12-15,17H,2,11,16,18H2,1,3H3. The van der Waals surface area contributed by atoms with Crippen LogP contribution in [-0.4, -0.2) is 28.6 Å². The fraction of sp³-hybridized carbons (Fsp3) is 0.208. The molecule has 3 aromatic rings. The molecule has 1 heterocycles. The zero-order valence-corrected chi connectivity index (χ0v) is 16.3. The van der Waals surface area contributed by atoms with Crippen LogP contribution in [0, 0.1) is 11.8 Å². The Kier molecular flexibility index (Phi) is 6.18. The lowest BCUT2D eigenvalue weighted by Crippen LogP contribution is -2.35. The van der Waals surface area contributed by atoms with Crippen molar-refractivity contribution in [2.45, 2.75) is 13.3 Å². The molecular weight excluding hydrogens is 348 g/mol. The average molecular weight is 372 g/mol. The first-order valence-corrected chi connectivity index (χ1v) is 9.24. The van der Waals surface area contributed by atoms with E-state index in [-0.39, 0.29) is 0 Å². The Morgan fingerprint density at radius 2 is 1.86 bits per heavy atom. The number of amides is 1. The molecule has 0 aliphatic rings. The van der Waals surface area contributed by atoms with E-state index in [0.29, 0.717) is 25.3 Å². The first-order valence-electron chi connectivity index (χ1n) is 9.24. The lowest BCUT2D eigenvalue weighted by atomic mass is 10.2. The maximum Gasteiger partial charge on any atom is 0.415 e. The van der Waals surface area contributed by atoms with Crippen LogP contribution in [0.25, 0.3) is 16.5 Å². The van der Waals surface area contributed by atoms with Gasteiger partial charge in [0.15, 0.2) is 0 Å². The summed E-state index contributed by atoms with van der Waals surface area (Å²) in [5.41, 5.74) is 2.99. The molecule has 0 bridgehead atoms. The van der Waals surface area contributed by atoms with E-state index >= 15 is 0 Å². The molecule has 0 saturated carbocycles. The van der Waals surface area contributed by atoms with Gasteiger partial charge in [-0.2, -0.15) is 0 Å². The van der Waals surface area contributed by atoms with Gasteiger partial charge in [0.2, 0.25) is 0 Å². The molecule has 4 heteroatoms. The Morgan fingerprint density at radius 3 is 2.57 bits per heavy atom. The largest absolute Gasteiger partial charge is 0.415 e. The number of ether oxygens (including phenoxy) is 1. The molecule has 3 rings (SSSR count). The number of aryl methyl sites for hydroxylation is 1. The molecule has 0 unspecified atom stereocenters. The van der Waals surface area contributed by atoms with E-state index in [1.54, 1.807) is 24.0 Å². The third kappa shape index (κ3) is 4.44. The molecule has 0 atom stereocenters. The topological polar surface area (TPSA) is 34.5 Å². The molecule has 2 aromatic carbocycles. The summed E-state index contributed by atoms with van der Waals surface area (Å²) in [6, 6.07) is 19.4. The van der Waals surface area contributed by atoms with Crippen molar-refractivity contribution in [3.63, 3.8) is 0 Å². The van der Waals surface area contributed by atoms with Crippen LogP contribution in [0.15, 0.2) is 67.2 Å². The number of fused-ring (bicyclic) bond motifs is 1. The van der Waals surface area contributed by atoms with Crippen LogP contribution in [0.5, 0.6) is 5.75 Å². The lowest BCUT2D eigenvalue weighted by Gasteiger charge is -2.22. The number of carbonyl (C=O) groups is 1. The average Bonchev–Trinajstić information content (AvgIpc) is 3.05. The number of hydrogen-bond donors (Lipinski definition) is 0. The van der Waals surface area contributed by atoms with Gasteiger partial charge in [-0.05, 0) is 36.8 Å². The zero-order valence-electron chi connectivity index (χ0n) is 16.3. The lowest BCUT2D eigenvalue weighted by molar-refractivity contribution is 0.159. The second-order valence-electron chi connectivity index (χ2n) is 6.53. The van der Waals surface area contributed by atoms with Crippen LogP contribution in [0.1, 0.15) is 19.0 Å². The minimum Gasteiger partial charge on any atom is -0.410 e. The molecule has 1 aromatic heterocycles. The van der Waals surface area contributed by atoms with Crippen LogP contribution in [-0.2, 0) is 7.05 Å². The first-order chi connectivity index (χ1) is 13.6. The van der Waals surface area contributed by atoms with E-state index in [1.165, 1.54) is 0 Å².